The van der Waals surface area contributed by atoms with Gasteiger partial charge in [0.2, 0.25) is 0 Å². The minimum atomic E-state index is 0. The lowest BCUT2D eigenvalue weighted by Gasteiger charge is -2.25. The van der Waals surface area contributed by atoms with E-state index in [4.69, 9.17) is 9.47 Å². The second-order valence-electron chi connectivity index (χ2n) is 6.48. The van der Waals surface area contributed by atoms with Gasteiger partial charge in [-0.2, -0.15) is 5.10 Å². The maximum Gasteiger partial charge on any atom is 0.191 e. The summed E-state index contributed by atoms with van der Waals surface area (Å²) < 4.78 is 13.0. The number of aryl methyl sites for hydroxylation is 2. The molecule has 0 fully saturated rings. The van der Waals surface area contributed by atoms with Gasteiger partial charge in [0.05, 0.1) is 20.3 Å². The maximum atomic E-state index is 5.64. The van der Waals surface area contributed by atoms with Gasteiger partial charge in [0.1, 0.15) is 11.6 Å². The molecule has 0 saturated carbocycles. The molecular formula is C19H29IN6O2. The number of methoxy groups -OCH3 is 1. The Balaban J connectivity index is 0.00000280. The van der Waals surface area contributed by atoms with E-state index in [1.165, 1.54) is 0 Å². The number of ether oxygens (including phenoxy) is 2. The smallest absolute Gasteiger partial charge is 0.191 e. The Bertz CT molecular complexity index is 808. The van der Waals surface area contributed by atoms with Crippen molar-refractivity contribution >= 4 is 29.9 Å². The van der Waals surface area contributed by atoms with E-state index in [0.717, 1.165) is 54.1 Å². The van der Waals surface area contributed by atoms with E-state index in [1.54, 1.807) is 14.2 Å². The molecule has 0 aliphatic carbocycles. The van der Waals surface area contributed by atoms with Crippen LogP contribution in [0.25, 0.3) is 0 Å². The Kier molecular flexibility index (Phi) is 8.34. The number of hydrogen-bond donors (Lipinski definition) is 2. The highest BCUT2D eigenvalue weighted by molar-refractivity contribution is 14.0. The first-order chi connectivity index (χ1) is 13.1. The van der Waals surface area contributed by atoms with Gasteiger partial charge in [0.15, 0.2) is 17.5 Å². The number of rotatable bonds is 6. The molecule has 0 radical (unpaired) electrons. The van der Waals surface area contributed by atoms with Crippen LogP contribution in [0.4, 0.5) is 0 Å². The third-order valence-corrected chi connectivity index (χ3v) is 4.52. The Labute approximate surface area is 183 Å². The van der Waals surface area contributed by atoms with Crippen LogP contribution in [0.5, 0.6) is 11.5 Å². The monoisotopic (exact) mass is 500 g/mol. The fraction of sp³-hybridized carbons (Fsp3) is 0.526. The minimum absolute atomic E-state index is 0. The van der Waals surface area contributed by atoms with Gasteiger partial charge in [-0.3, -0.25) is 4.99 Å². The summed E-state index contributed by atoms with van der Waals surface area (Å²) in [5, 5.41) is 11.3. The quantitative estimate of drug-likeness (QED) is 0.360. The molecule has 9 heteroatoms. The Morgan fingerprint density at radius 2 is 2.18 bits per heavy atom. The number of nitrogens with zero attached hydrogens (tertiary/aromatic N) is 4. The molecular weight excluding hydrogens is 471 g/mol. The predicted octanol–water partition coefficient (Wildman–Crippen LogP) is 2.29. The van der Waals surface area contributed by atoms with Gasteiger partial charge in [-0.05, 0) is 38.0 Å². The zero-order valence-corrected chi connectivity index (χ0v) is 19.2. The number of halogens is 1. The van der Waals surface area contributed by atoms with Gasteiger partial charge in [-0.15, -0.1) is 24.0 Å². The zero-order chi connectivity index (χ0) is 19.2. The van der Waals surface area contributed by atoms with Crippen molar-refractivity contribution in [2.45, 2.75) is 45.8 Å². The lowest BCUT2D eigenvalue weighted by molar-refractivity contribution is 0.310. The van der Waals surface area contributed by atoms with Crippen molar-refractivity contribution in [3.63, 3.8) is 0 Å². The van der Waals surface area contributed by atoms with Crippen molar-refractivity contribution in [2.24, 2.45) is 4.99 Å². The lowest BCUT2D eigenvalue weighted by Crippen LogP contribution is -2.46. The van der Waals surface area contributed by atoms with Crippen molar-refractivity contribution in [1.29, 1.82) is 0 Å². The molecule has 2 heterocycles. The molecule has 1 aromatic carbocycles. The average Bonchev–Trinajstić information content (AvgIpc) is 3.04. The van der Waals surface area contributed by atoms with Gasteiger partial charge in [-0.1, -0.05) is 6.07 Å². The SMILES string of the molecule is CCOc1cc(CNC(=NC)NC2CCc3nc(C)nn3C2)ccc1OC.I. The fourth-order valence-electron chi connectivity index (χ4n) is 3.22. The molecule has 28 heavy (non-hydrogen) atoms. The number of aliphatic imine (C=N–C) groups is 1. The van der Waals surface area contributed by atoms with E-state index in [2.05, 4.69) is 25.7 Å². The van der Waals surface area contributed by atoms with Crippen molar-refractivity contribution in [3.8, 4) is 11.5 Å². The van der Waals surface area contributed by atoms with Crippen molar-refractivity contribution < 1.29 is 9.47 Å². The van der Waals surface area contributed by atoms with Crippen LogP contribution in [0.1, 0.15) is 30.6 Å². The highest BCUT2D eigenvalue weighted by Crippen LogP contribution is 2.28. The molecule has 154 valence electrons. The average molecular weight is 500 g/mol. The largest absolute Gasteiger partial charge is 0.493 e. The van der Waals surface area contributed by atoms with E-state index in [-0.39, 0.29) is 30.0 Å². The van der Waals surface area contributed by atoms with Crippen LogP contribution in [0.2, 0.25) is 0 Å². The van der Waals surface area contributed by atoms with Gasteiger partial charge in [0, 0.05) is 26.1 Å². The van der Waals surface area contributed by atoms with Crippen LogP contribution < -0.4 is 20.1 Å². The molecule has 1 atom stereocenters. The van der Waals surface area contributed by atoms with E-state index in [9.17, 15) is 0 Å². The van der Waals surface area contributed by atoms with Crippen LogP contribution in [0.15, 0.2) is 23.2 Å². The van der Waals surface area contributed by atoms with Gasteiger partial charge in [-0.25, -0.2) is 9.67 Å². The van der Waals surface area contributed by atoms with E-state index < -0.39 is 0 Å². The molecule has 2 N–H and O–H groups in total. The summed E-state index contributed by atoms with van der Waals surface area (Å²) in [6, 6.07) is 6.22. The molecule has 1 aliphatic heterocycles. The van der Waals surface area contributed by atoms with Crippen LogP contribution in [0, 0.1) is 6.92 Å². The molecule has 0 saturated heterocycles. The molecule has 3 rings (SSSR count). The second kappa shape index (κ2) is 10.5. The number of guanidine groups is 1. The van der Waals surface area contributed by atoms with Gasteiger partial charge in [0.25, 0.3) is 0 Å². The number of nitrogens with one attached hydrogen (secondary N) is 2. The number of benzene rings is 1. The summed E-state index contributed by atoms with van der Waals surface area (Å²) in [6.07, 6.45) is 1.93. The lowest BCUT2D eigenvalue weighted by atomic mass is 10.1. The predicted molar refractivity (Wildman–Crippen MR) is 120 cm³/mol. The Hall–Kier alpha value is -2.04. The normalized spacial score (nSPS) is 16.0. The maximum absolute atomic E-state index is 5.64. The third kappa shape index (κ3) is 5.49. The van der Waals surface area contributed by atoms with Crippen LogP contribution in [0.3, 0.4) is 0 Å². The van der Waals surface area contributed by atoms with Crippen LogP contribution >= 0.6 is 24.0 Å². The molecule has 8 nitrogen and oxygen atoms in total. The molecule has 0 amide bonds. The molecule has 0 bridgehead atoms. The highest BCUT2D eigenvalue weighted by atomic mass is 127. The summed E-state index contributed by atoms with van der Waals surface area (Å²) in [5.74, 6) is 4.16. The first-order valence-electron chi connectivity index (χ1n) is 9.30. The van der Waals surface area contributed by atoms with Crippen molar-refractivity contribution in [3.05, 3.63) is 35.4 Å². The van der Waals surface area contributed by atoms with Crippen molar-refractivity contribution in [2.75, 3.05) is 20.8 Å². The third-order valence-electron chi connectivity index (χ3n) is 4.52. The zero-order valence-electron chi connectivity index (χ0n) is 16.9. The second-order valence-corrected chi connectivity index (χ2v) is 6.48. The van der Waals surface area contributed by atoms with Gasteiger partial charge < -0.3 is 20.1 Å². The molecule has 1 aromatic heterocycles. The van der Waals surface area contributed by atoms with Gasteiger partial charge >= 0.3 is 0 Å². The Morgan fingerprint density at radius 3 is 2.89 bits per heavy atom. The first-order valence-corrected chi connectivity index (χ1v) is 9.30. The molecule has 0 spiro atoms. The summed E-state index contributed by atoms with van der Waals surface area (Å²) in [7, 11) is 3.43. The molecule has 2 aromatic rings. The first kappa shape index (κ1) is 22.3. The van der Waals surface area contributed by atoms with E-state index in [0.29, 0.717) is 13.2 Å². The van der Waals surface area contributed by atoms with E-state index in [1.807, 2.05) is 36.7 Å². The summed E-state index contributed by atoms with van der Waals surface area (Å²) in [5.41, 5.74) is 1.10. The topological polar surface area (TPSA) is 85.6 Å². The molecule has 1 unspecified atom stereocenters. The standard InChI is InChI=1S/C19H28N6O2.HI/c1-5-27-17-10-14(6-8-16(17)26-4)11-21-19(20-3)23-15-7-9-18-22-13(2)24-25(18)12-15;/h6,8,10,15H,5,7,9,11-12H2,1-4H3,(H2,20,21,23);1H. The fourth-order valence-corrected chi connectivity index (χ4v) is 3.22. The Morgan fingerprint density at radius 1 is 1.36 bits per heavy atom. The molecule has 1 aliphatic rings. The number of aromatic nitrogens is 3. The van der Waals surface area contributed by atoms with Crippen molar-refractivity contribution in [1.82, 2.24) is 25.4 Å². The van der Waals surface area contributed by atoms with Crippen LogP contribution in [-0.2, 0) is 19.5 Å². The van der Waals surface area contributed by atoms with E-state index >= 15 is 0 Å². The highest BCUT2D eigenvalue weighted by Gasteiger charge is 2.21. The number of fused-ring (bicyclic) bond motifs is 1. The number of hydrogen-bond acceptors (Lipinski definition) is 5. The summed E-state index contributed by atoms with van der Waals surface area (Å²) in [4.78, 5) is 8.80. The minimum Gasteiger partial charge on any atom is -0.493 e. The summed E-state index contributed by atoms with van der Waals surface area (Å²) in [6.45, 7) is 5.93. The van der Waals surface area contributed by atoms with Crippen LogP contribution in [-0.4, -0.2) is 47.5 Å². The summed E-state index contributed by atoms with van der Waals surface area (Å²) >= 11 is 0.